The molecule has 0 radical (unpaired) electrons. The van der Waals surface area contributed by atoms with E-state index in [9.17, 15) is 0 Å². The van der Waals surface area contributed by atoms with Crippen molar-refractivity contribution >= 4 is 0 Å². The molecule has 3 nitrogen and oxygen atoms in total. The molecule has 1 heterocycles. The largest absolute Gasteiger partial charge is 0.334 e. The molecule has 2 N–H and O–H groups in total. The zero-order valence-corrected chi connectivity index (χ0v) is 7.40. The third-order valence-electron chi connectivity index (χ3n) is 2.56. The van der Waals surface area contributed by atoms with Gasteiger partial charge in [-0.3, -0.25) is 0 Å². The number of hydrogen-bond donors (Lipinski definition) is 1. The van der Waals surface area contributed by atoms with E-state index in [1.807, 2.05) is 19.3 Å². The lowest BCUT2D eigenvalue weighted by Gasteiger charge is -2.11. The minimum atomic E-state index is 0.331. The average Bonchev–Trinajstić information content (AvgIpc) is 2.80. The van der Waals surface area contributed by atoms with Gasteiger partial charge < -0.3 is 10.3 Å². The number of nitrogens with two attached hydrogens (primary N) is 1. The van der Waals surface area contributed by atoms with E-state index in [0.717, 1.165) is 18.3 Å². The monoisotopic (exact) mass is 165 g/mol. The Morgan fingerprint density at radius 1 is 1.75 bits per heavy atom. The van der Waals surface area contributed by atoms with E-state index < -0.39 is 0 Å². The molecule has 0 saturated heterocycles. The predicted molar refractivity (Wildman–Crippen MR) is 47.7 cm³/mol. The molecule has 0 aromatic carbocycles. The third-order valence-corrected chi connectivity index (χ3v) is 2.56. The fraction of sp³-hybridized carbons (Fsp3) is 0.667. The van der Waals surface area contributed by atoms with Gasteiger partial charge in [0.1, 0.15) is 5.82 Å². The summed E-state index contributed by atoms with van der Waals surface area (Å²) in [4.78, 5) is 4.16. The molecule has 1 aliphatic carbocycles. The van der Waals surface area contributed by atoms with Crippen LogP contribution in [0, 0.1) is 12.8 Å². The molecule has 1 saturated carbocycles. The number of nitrogens with zero attached hydrogens (tertiary/aromatic N) is 2. The van der Waals surface area contributed by atoms with Crippen LogP contribution in [0.2, 0.25) is 0 Å². The Kier molecular flexibility index (Phi) is 1.89. The molecule has 0 amide bonds. The average molecular weight is 165 g/mol. The van der Waals surface area contributed by atoms with Gasteiger partial charge in [-0.15, -0.1) is 0 Å². The Labute approximate surface area is 72.6 Å². The summed E-state index contributed by atoms with van der Waals surface area (Å²) in [6.07, 6.45) is 6.45. The van der Waals surface area contributed by atoms with E-state index >= 15 is 0 Å². The topological polar surface area (TPSA) is 43.8 Å². The van der Waals surface area contributed by atoms with Crippen LogP contribution in [0.3, 0.4) is 0 Å². The highest BCUT2D eigenvalue weighted by Gasteiger charge is 2.28. The molecule has 1 aromatic rings. The number of imidazole rings is 1. The first-order chi connectivity index (χ1) is 5.77. The van der Waals surface area contributed by atoms with Gasteiger partial charge in [0.2, 0.25) is 0 Å². The van der Waals surface area contributed by atoms with Crippen molar-refractivity contribution in [1.82, 2.24) is 9.55 Å². The molecular formula is C9H15N3. The van der Waals surface area contributed by atoms with Gasteiger partial charge in [0.25, 0.3) is 0 Å². The van der Waals surface area contributed by atoms with Crippen LogP contribution in [0.5, 0.6) is 0 Å². The molecule has 2 rings (SSSR count). The van der Waals surface area contributed by atoms with Crippen LogP contribution >= 0.6 is 0 Å². The Morgan fingerprint density at radius 2 is 2.50 bits per heavy atom. The summed E-state index contributed by atoms with van der Waals surface area (Å²) in [5.41, 5.74) is 5.99. The maximum absolute atomic E-state index is 5.99. The van der Waals surface area contributed by atoms with E-state index in [1.54, 1.807) is 0 Å². The van der Waals surface area contributed by atoms with Gasteiger partial charge in [-0.05, 0) is 25.7 Å². The van der Waals surface area contributed by atoms with Gasteiger partial charge in [0.05, 0.1) is 0 Å². The molecule has 0 aliphatic heterocycles. The fourth-order valence-corrected chi connectivity index (χ4v) is 1.50. The highest BCUT2D eigenvalue weighted by molar-refractivity contribution is 4.92. The lowest BCUT2D eigenvalue weighted by molar-refractivity contribution is 0.495. The molecule has 0 spiro atoms. The minimum Gasteiger partial charge on any atom is -0.334 e. The van der Waals surface area contributed by atoms with Crippen LogP contribution in [-0.4, -0.2) is 15.6 Å². The van der Waals surface area contributed by atoms with Crippen LogP contribution in [0.15, 0.2) is 12.4 Å². The maximum Gasteiger partial charge on any atom is 0.105 e. The van der Waals surface area contributed by atoms with E-state index in [-0.39, 0.29) is 0 Å². The molecule has 1 atom stereocenters. The van der Waals surface area contributed by atoms with E-state index in [4.69, 9.17) is 5.73 Å². The SMILES string of the molecule is Cc1nccn1CC(N)C1CC1. The normalized spacial score (nSPS) is 19.5. The second-order valence-electron chi connectivity index (χ2n) is 3.63. The Balaban J connectivity index is 1.97. The van der Waals surface area contributed by atoms with Gasteiger partial charge in [0.15, 0.2) is 0 Å². The zero-order valence-electron chi connectivity index (χ0n) is 7.40. The Morgan fingerprint density at radius 3 is 3.00 bits per heavy atom. The van der Waals surface area contributed by atoms with Crippen molar-refractivity contribution in [1.29, 1.82) is 0 Å². The first-order valence-electron chi connectivity index (χ1n) is 4.50. The van der Waals surface area contributed by atoms with Crippen LogP contribution in [0.1, 0.15) is 18.7 Å². The first-order valence-corrected chi connectivity index (χ1v) is 4.50. The second-order valence-corrected chi connectivity index (χ2v) is 3.63. The highest BCUT2D eigenvalue weighted by Crippen LogP contribution is 2.32. The Bertz CT molecular complexity index is 262. The van der Waals surface area contributed by atoms with Crippen molar-refractivity contribution in [2.24, 2.45) is 11.7 Å². The molecule has 1 unspecified atom stereocenters. The molecule has 1 fully saturated rings. The standard InChI is InChI=1S/C9H15N3/c1-7-11-4-5-12(7)6-9(10)8-2-3-8/h4-5,8-9H,2-3,6,10H2,1H3. The van der Waals surface area contributed by atoms with Crippen molar-refractivity contribution < 1.29 is 0 Å². The summed E-state index contributed by atoms with van der Waals surface area (Å²) in [5.74, 6) is 1.83. The molecule has 12 heavy (non-hydrogen) atoms. The van der Waals surface area contributed by atoms with Gasteiger partial charge in [-0.1, -0.05) is 0 Å². The number of rotatable bonds is 3. The van der Waals surface area contributed by atoms with E-state index in [2.05, 4.69) is 9.55 Å². The summed E-state index contributed by atoms with van der Waals surface area (Å²) < 4.78 is 2.13. The lowest BCUT2D eigenvalue weighted by atomic mass is 10.2. The highest BCUT2D eigenvalue weighted by atomic mass is 15.1. The number of hydrogen-bond acceptors (Lipinski definition) is 2. The zero-order chi connectivity index (χ0) is 8.55. The summed E-state index contributed by atoms with van der Waals surface area (Å²) in [6, 6.07) is 0.331. The lowest BCUT2D eigenvalue weighted by Crippen LogP contribution is -2.28. The summed E-state index contributed by atoms with van der Waals surface area (Å²) in [7, 11) is 0. The van der Waals surface area contributed by atoms with Crippen molar-refractivity contribution in [2.75, 3.05) is 0 Å². The molecule has 66 valence electrons. The van der Waals surface area contributed by atoms with Crippen LogP contribution < -0.4 is 5.73 Å². The van der Waals surface area contributed by atoms with Crippen molar-refractivity contribution in [3.05, 3.63) is 18.2 Å². The maximum atomic E-state index is 5.99. The van der Waals surface area contributed by atoms with E-state index in [0.29, 0.717) is 6.04 Å². The van der Waals surface area contributed by atoms with Crippen molar-refractivity contribution in [3.63, 3.8) is 0 Å². The van der Waals surface area contributed by atoms with Crippen LogP contribution in [0.25, 0.3) is 0 Å². The van der Waals surface area contributed by atoms with Crippen LogP contribution in [-0.2, 0) is 6.54 Å². The summed E-state index contributed by atoms with van der Waals surface area (Å²) in [5, 5.41) is 0. The predicted octanol–water partition coefficient (Wildman–Crippen LogP) is 0.929. The smallest absolute Gasteiger partial charge is 0.105 e. The minimum absolute atomic E-state index is 0.331. The van der Waals surface area contributed by atoms with Crippen molar-refractivity contribution in [2.45, 2.75) is 32.4 Å². The van der Waals surface area contributed by atoms with Crippen molar-refractivity contribution in [3.8, 4) is 0 Å². The van der Waals surface area contributed by atoms with E-state index in [1.165, 1.54) is 12.8 Å². The van der Waals surface area contributed by atoms with Crippen LogP contribution in [0.4, 0.5) is 0 Å². The number of aryl methyl sites for hydroxylation is 1. The third kappa shape index (κ3) is 1.50. The molecule has 3 heteroatoms. The number of aromatic nitrogens is 2. The molecule has 1 aliphatic rings. The first kappa shape index (κ1) is 7.80. The Hall–Kier alpha value is -0.830. The second kappa shape index (κ2) is 2.90. The summed E-state index contributed by atoms with van der Waals surface area (Å²) in [6.45, 7) is 2.94. The quantitative estimate of drug-likeness (QED) is 0.724. The fourth-order valence-electron chi connectivity index (χ4n) is 1.50. The van der Waals surface area contributed by atoms with Gasteiger partial charge in [-0.2, -0.15) is 0 Å². The summed E-state index contributed by atoms with van der Waals surface area (Å²) >= 11 is 0. The van der Waals surface area contributed by atoms with Gasteiger partial charge in [-0.25, -0.2) is 4.98 Å². The molecule has 1 aromatic heterocycles. The van der Waals surface area contributed by atoms with Gasteiger partial charge in [0, 0.05) is 25.0 Å². The van der Waals surface area contributed by atoms with Gasteiger partial charge >= 0.3 is 0 Å². The molecular weight excluding hydrogens is 150 g/mol. The molecule has 0 bridgehead atoms.